The Hall–Kier alpha value is -4.12. The smallest absolute Gasteiger partial charge is 0.0732 e. The fraction of sp³-hybridized carbons (Fsp3) is 0.172. The molecule has 0 aliphatic heterocycles. The lowest BCUT2D eigenvalue weighted by atomic mass is 9.96. The third-order valence-corrected chi connectivity index (χ3v) is 5.09. The lowest BCUT2D eigenvalue weighted by Gasteiger charge is -2.17. The summed E-state index contributed by atoms with van der Waals surface area (Å²) in [5.74, 6) is 0. The second-order valence-electron chi connectivity index (χ2n) is 7.81. The normalized spacial score (nSPS) is 13.2. The van der Waals surface area contributed by atoms with Crippen LogP contribution >= 0.6 is 0 Å². The van der Waals surface area contributed by atoms with E-state index in [0.29, 0.717) is 6.54 Å². The van der Waals surface area contributed by atoms with Crippen LogP contribution in [0.25, 0.3) is 16.8 Å². The van der Waals surface area contributed by atoms with Gasteiger partial charge in [0.25, 0.3) is 0 Å². The zero-order valence-corrected chi connectivity index (χ0v) is 20.4. The second-order valence-corrected chi connectivity index (χ2v) is 7.81. The van der Waals surface area contributed by atoms with Crippen molar-refractivity contribution < 1.29 is 0 Å². The van der Waals surface area contributed by atoms with Gasteiger partial charge < -0.3 is 16.1 Å². The molecule has 0 heterocycles. The van der Waals surface area contributed by atoms with Gasteiger partial charge in [-0.3, -0.25) is 9.98 Å². The molecule has 0 aliphatic rings. The third kappa shape index (κ3) is 7.48. The number of hydrogen-bond donors (Lipinski definition) is 3. The molecule has 5 heteroatoms. The van der Waals surface area contributed by atoms with Crippen LogP contribution in [0.3, 0.4) is 0 Å². The molecule has 5 nitrogen and oxygen atoms in total. The van der Waals surface area contributed by atoms with Gasteiger partial charge in [0.1, 0.15) is 0 Å². The number of hydrogen-bond acceptors (Lipinski definition) is 5. The molecule has 0 atom stereocenters. The molecule has 2 aromatic carbocycles. The Morgan fingerprint density at radius 3 is 2.41 bits per heavy atom. The summed E-state index contributed by atoms with van der Waals surface area (Å²) in [6.45, 7) is 12.7. The Morgan fingerprint density at radius 1 is 1.03 bits per heavy atom. The molecule has 3 N–H and O–H groups in total. The first-order valence-corrected chi connectivity index (χ1v) is 11.1. The standard InChI is InChI=1S/C29H33N5/c1-6-25(17-21(2)18-31)23(4)34-28-14-10-13-27(26-11-8-7-9-12-26)29(28)24(5)33-20-22(3)19-32-16-15-30/h6-19,30-31,33H,5,20H2,1-4H3/b21-17-,22-19+,25-6+,30-15?,31-18?,32-16-,34-23+. The minimum atomic E-state index is 0.570. The van der Waals surface area contributed by atoms with E-state index in [1.165, 1.54) is 12.4 Å². The average Bonchev–Trinajstić information content (AvgIpc) is 2.86. The SMILES string of the molecule is C=C(NC/C(C)=C/N=C\C=N)c1c(/N=C(C)/C(/C=C(/C)C=N)=C/C)cccc1-c1ccccc1. The summed E-state index contributed by atoms with van der Waals surface area (Å²) >= 11 is 0. The van der Waals surface area contributed by atoms with Gasteiger partial charge in [-0.1, -0.05) is 55.1 Å². The Labute approximate surface area is 203 Å². The summed E-state index contributed by atoms with van der Waals surface area (Å²) < 4.78 is 0. The minimum Gasteiger partial charge on any atom is -0.381 e. The van der Waals surface area contributed by atoms with Crippen LogP contribution in [0.1, 0.15) is 33.3 Å². The lowest BCUT2D eigenvalue weighted by molar-refractivity contribution is 0.954. The molecule has 0 unspecified atom stereocenters. The van der Waals surface area contributed by atoms with Crippen molar-refractivity contribution in [1.29, 1.82) is 10.8 Å². The van der Waals surface area contributed by atoms with Crippen molar-refractivity contribution in [3.63, 3.8) is 0 Å². The van der Waals surface area contributed by atoms with E-state index in [-0.39, 0.29) is 0 Å². The summed E-state index contributed by atoms with van der Waals surface area (Å²) in [5, 5.41) is 17.9. The van der Waals surface area contributed by atoms with E-state index in [2.05, 4.69) is 35.1 Å². The van der Waals surface area contributed by atoms with Crippen LogP contribution in [0.15, 0.2) is 100 Å². The monoisotopic (exact) mass is 451 g/mol. The van der Waals surface area contributed by atoms with E-state index in [1.54, 1.807) is 6.20 Å². The maximum absolute atomic E-state index is 7.48. The average molecular weight is 452 g/mol. The summed E-state index contributed by atoms with van der Waals surface area (Å²) in [5.41, 5.74) is 8.36. The quantitative estimate of drug-likeness (QED) is 0.245. The molecule has 2 rings (SSSR count). The largest absolute Gasteiger partial charge is 0.381 e. The molecule has 0 fully saturated rings. The molecule has 0 spiro atoms. The molecular weight excluding hydrogens is 418 g/mol. The number of nitrogens with zero attached hydrogens (tertiary/aromatic N) is 2. The van der Waals surface area contributed by atoms with Crippen molar-refractivity contribution in [2.24, 2.45) is 9.98 Å². The topological polar surface area (TPSA) is 84.5 Å². The van der Waals surface area contributed by atoms with Gasteiger partial charge in [-0.25, -0.2) is 0 Å². The van der Waals surface area contributed by atoms with E-state index < -0.39 is 0 Å². The minimum absolute atomic E-state index is 0.570. The number of nitrogens with one attached hydrogen (secondary N) is 3. The maximum Gasteiger partial charge on any atom is 0.0732 e. The van der Waals surface area contributed by atoms with Crippen LogP contribution in [-0.2, 0) is 0 Å². The van der Waals surface area contributed by atoms with Crippen molar-refractivity contribution in [1.82, 2.24) is 5.32 Å². The number of rotatable bonds is 11. The molecule has 0 saturated carbocycles. The predicted molar refractivity (Wildman–Crippen MR) is 149 cm³/mol. The van der Waals surface area contributed by atoms with E-state index >= 15 is 0 Å². The lowest BCUT2D eigenvalue weighted by Crippen LogP contribution is -2.14. The summed E-state index contributed by atoms with van der Waals surface area (Å²) in [6.07, 6.45) is 9.62. The first kappa shape index (κ1) is 26.1. The van der Waals surface area contributed by atoms with Crippen molar-refractivity contribution in [3.8, 4) is 11.1 Å². The molecule has 0 bridgehead atoms. The molecule has 0 aromatic heterocycles. The van der Waals surface area contributed by atoms with Crippen LogP contribution in [0.5, 0.6) is 0 Å². The molecule has 2 aromatic rings. The van der Waals surface area contributed by atoms with Gasteiger partial charge in [0, 0.05) is 48.4 Å². The number of benzene rings is 2. The maximum atomic E-state index is 7.48. The number of allylic oxidation sites excluding steroid dienone is 4. The van der Waals surface area contributed by atoms with Crippen LogP contribution in [0.2, 0.25) is 0 Å². The molecule has 174 valence electrons. The highest BCUT2D eigenvalue weighted by Crippen LogP contribution is 2.35. The van der Waals surface area contributed by atoms with Crippen LogP contribution in [-0.4, -0.2) is 30.9 Å². The van der Waals surface area contributed by atoms with Gasteiger partial charge in [0.2, 0.25) is 0 Å². The Bertz CT molecular complexity index is 1180. The van der Waals surface area contributed by atoms with E-state index in [9.17, 15) is 0 Å². The van der Waals surface area contributed by atoms with Gasteiger partial charge in [0.05, 0.1) is 5.69 Å². The van der Waals surface area contributed by atoms with Crippen LogP contribution in [0.4, 0.5) is 5.69 Å². The summed E-state index contributed by atoms with van der Waals surface area (Å²) in [7, 11) is 0. The van der Waals surface area contributed by atoms with Gasteiger partial charge in [0.15, 0.2) is 0 Å². The van der Waals surface area contributed by atoms with Crippen molar-refractivity contribution in [3.05, 3.63) is 95.7 Å². The van der Waals surface area contributed by atoms with Gasteiger partial charge >= 0.3 is 0 Å². The Kier molecular flexibility index (Phi) is 10.3. The Balaban J connectivity index is 2.54. The highest BCUT2D eigenvalue weighted by atomic mass is 14.9. The Morgan fingerprint density at radius 2 is 1.76 bits per heavy atom. The van der Waals surface area contributed by atoms with Crippen molar-refractivity contribution >= 4 is 35.7 Å². The highest BCUT2D eigenvalue weighted by molar-refractivity contribution is 6.14. The van der Waals surface area contributed by atoms with Gasteiger partial charge in [-0.15, -0.1) is 0 Å². The fourth-order valence-corrected chi connectivity index (χ4v) is 3.33. The second kappa shape index (κ2) is 13.4. The zero-order chi connectivity index (χ0) is 24.9. The fourth-order valence-electron chi connectivity index (χ4n) is 3.33. The van der Waals surface area contributed by atoms with E-state index in [4.69, 9.17) is 15.8 Å². The van der Waals surface area contributed by atoms with E-state index in [0.717, 1.165) is 56.7 Å². The zero-order valence-electron chi connectivity index (χ0n) is 20.4. The van der Waals surface area contributed by atoms with Crippen LogP contribution in [0, 0.1) is 10.8 Å². The predicted octanol–water partition coefficient (Wildman–Crippen LogP) is 7.17. The van der Waals surface area contributed by atoms with Crippen LogP contribution < -0.4 is 5.32 Å². The number of aliphatic imine (C=N–C) groups is 2. The highest BCUT2D eigenvalue weighted by Gasteiger charge is 2.14. The first-order chi connectivity index (χ1) is 16.4. The molecule has 34 heavy (non-hydrogen) atoms. The van der Waals surface area contributed by atoms with Gasteiger partial charge in [-0.05, 0) is 67.7 Å². The first-order valence-electron chi connectivity index (χ1n) is 11.1. The van der Waals surface area contributed by atoms with Crippen molar-refractivity contribution in [2.75, 3.05) is 6.54 Å². The third-order valence-electron chi connectivity index (χ3n) is 5.09. The summed E-state index contributed by atoms with van der Waals surface area (Å²) in [4.78, 5) is 9.05. The van der Waals surface area contributed by atoms with E-state index in [1.807, 2.05) is 70.2 Å². The molecule has 0 aliphatic carbocycles. The molecule has 0 amide bonds. The van der Waals surface area contributed by atoms with Gasteiger partial charge in [-0.2, -0.15) is 0 Å². The summed E-state index contributed by atoms with van der Waals surface area (Å²) in [6, 6.07) is 16.3. The molecule has 0 saturated heterocycles. The molecule has 0 radical (unpaired) electrons. The molecular formula is C29H33N5. The van der Waals surface area contributed by atoms with Crippen molar-refractivity contribution in [2.45, 2.75) is 27.7 Å².